The maximum atomic E-state index is 13.8. The van der Waals surface area contributed by atoms with Gasteiger partial charge in [0.05, 0.1) is 65.3 Å². The van der Waals surface area contributed by atoms with Crippen LogP contribution in [0.2, 0.25) is 0 Å². The zero-order valence-corrected chi connectivity index (χ0v) is 45.8. The van der Waals surface area contributed by atoms with Crippen LogP contribution in [0, 0.1) is 17.8 Å². The summed E-state index contributed by atoms with van der Waals surface area (Å²) in [7, 11) is 0. The molecule has 1 unspecified atom stereocenters. The number of benzene rings is 1. The van der Waals surface area contributed by atoms with E-state index in [1.54, 1.807) is 45.9 Å². The van der Waals surface area contributed by atoms with Crippen molar-refractivity contribution < 1.29 is 77.5 Å². The number of hydrogen-bond acceptors (Lipinski definition) is 18. The summed E-state index contributed by atoms with van der Waals surface area (Å²) in [5, 5.41) is 39.4. The molecule has 0 saturated carbocycles. The predicted molar refractivity (Wildman–Crippen MR) is 283 cm³/mol. The fraction of sp³-hybridized carbons (Fsp3) is 0.686. The number of amides is 6. The predicted octanol–water partition coefficient (Wildman–Crippen LogP) is -1.07. The molecule has 2 aliphatic rings. The molecular weight excluding hydrogens is 1030 g/mol. The fourth-order valence-electron chi connectivity index (χ4n) is 8.48. The first kappa shape index (κ1) is 65.7. The quantitative estimate of drug-likeness (QED) is 0.0314. The molecule has 77 heavy (non-hydrogen) atoms. The number of thioether (sulfide) groups is 1. The Morgan fingerprint density at radius 2 is 1.26 bits per heavy atom. The van der Waals surface area contributed by atoms with Crippen molar-refractivity contribution in [2.45, 2.75) is 59.0 Å². The highest BCUT2D eigenvalue weighted by Crippen LogP contribution is 2.22. The lowest BCUT2D eigenvalue weighted by Gasteiger charge is -2.32. The molecule has 0 spiro atoms. The Kier molecular flexibility index (Phi) is 31.1. The first-order valence-electron chi connectivity index (χ1n) is 26.1. The third-order valence-electron chi connectivity index (χ3n) is 13.1. The van der Waals surface area contributed by atoms with Crippen LogP contribution in [0.25, 0.3) is 0 Å². The summed E-state index contributed by atoms with van der Waals surface area (Å²) in [5.41, 5.74) is 0.921. The van der Waals surface area contributed by atoms with Crippen LogP contribution in [0.1, 0.15) is 62.4 Å². The van der Waals surface area contributed by atoms with Crippen LogP contribution in [-0.4, -0.2) is 255 Å². The number of ether oxygens (including phenoxy) is 3. The SMILES string of the molecule is CC[C@H](C)[C@H](CC(=O)[C@H](CCSC)NC(=O)c1cccc(CNC(=O)COCCOCCOCCNC(=O)CN2CCN(CC(=O)O)CCN(CC(=O)O)CCN(CC(=O)O)CC2)c1)C(=O)NCCN1C(=O)CC(C)C1=O. The molecular formula is C51H81N9O16S. The van der Waals surface area contributed by atoms with Gasteiger partial charge in [-0.25, -0.2) is 0 Å². The molecule has 0 bridgehead atoms. The minimum atomic E-state index is -1.04. The molecule has 0 radical (unpaired) electrons. The van der Waals surface area contributed by atoms with Crippen LogP contribution >= 0.6 is 11.8 Å². The van der Waals surface area contributed by atoms with E-state index in [4.69, 9.17) is 14.2 Å². The number of nitrogens with zero attached hydrogens (tertiary/aromatic N) is 5. The molecule has 0 aliphatic carbocycles. The summed E-state index contributed by atoms with van der Waals surface area (Å²) in [6.45, 7) is 8.14. The van der Waals surface area contributed by atoms with E-state index < -0.39 is 41.7 Å². The van der Waals surface area contributed by atoms with E-state index in [0.29, 0.717) is 50.3 Å². The van der Waals surface area contributed by atoms with Crippen molar-refractivity contribution in [2.75, 3.05) is 150 Å². The molecule has 6 amide bonds. The number of aliphatic carboxylic acids is 3. The molecule has 3 rings (SSSR count). The largest absolute Gasteiger partial charge is 0.480 e. The summed E-state index contributed by atoms with van der Waals surface area (Å²) in [6, 6.07) is 5.77. The molecule has 2 aliphatic heterocycles. The smallest absolute Gasteiger partial charge is 0.317 e. The molecule has 2 saturated heterocycles. The van der Waals surface area contributed by atoms with Gasteiger partial charge in [0.25, 0.3) is 5.91 Å². The molecule has 1 aromatic rings. The number of carboxylic acid groups (broad SMARTS) is 3. The van der Waals surface area contributed by atoms with E-state index in [1.807, 2.05) is 25.0 Å². The Morgan fingerprint density at radius 3 is 1.78 bits per heavy atom. The lowest BCUT2D eigenvalue weighted by Crippen LogP contribution is -2.50. The van der Waals surface area contributed by atoms with E-state index in [9.17, 15) is 63.3 Å². The molecule has 25 nitrogen and oxygen atoms in total. The normalized spacial score (nSPS) is 17.6. The third kappa shape index (κ3) is 26.5. The Morgan fingerprint density at radius 1 is 0.714 bits per heavy atom. The number of Topliss-reactive ketones (excluding diaryl/α,β-unsaturated/α-hetero) is 1. The fourth-order valence-corrected chi connectivity index (χ4v) is 8.95. The van der Waals surface area contributed by atoms with Crippen molar-refractivity contribution in [1.82, 2.24) is 45.8 Å². The Labute approximate surface area is 454 Å². The molecule has 2 fully saturated rings. The number of ketones is 1. The van der Waals surface area contributed by atoms with Crippen molar-refractivity contribution in [3.05, 3.63) is 35.4 Å². The van der Waals surface area contributed by atoms with E-state index in [2.05, 4.69) is 21.3 Å². The second-order valence-corrected chi connectivity index (χ2v) is 20.1. The van der Waals surface area contributed by atoms with E-state index >= 15 is 0 Å². The van der Waals surface area contributed by atoms with Gasteiger partial charge in [0, 0.05) is 109 Å². The van der Waals surface area contributed by atoms with Crippen LogP contribution in [0.4, 0.5) is 0 Å². The number of imide groups is 1. The van der Waals surface area contributed by atoms with Gasteiger partial charge < -0.3 is 50.8 Å². The van der Waals surface area contributed by atoms with E-state index in [-0.39, 0.29) is 178 Å². The van der Waals surface area contributed by atoms with Crippen molar-refractivity contribution in [3.63, 3.8) is 0 Å². The number of rotatable bonds is 35. The zero-order valence-electron chi connectivity index (χ0n) is 45.0. The summed E-state index contributed by atoms with van der Waals surface area (Å²) < 4.78 is 16.5. The summed E-state index contributed by atoms with van der Waals surface area (Å²) in [4.78, 5) is 133. The van der Waals surface area contributed by atoms with Crippen LogP contribution in [-0.2, 0) is 63.9 Å². The number of likely N-dealkylation sites (tertiary alicyclic amines) is 1. The van der Waals surface area contributed by atoms with Crippen LogP contribution in [0.3, 0.4) is 0 Å². The Balaban J connectivity index is 1.34. The summed E-state index contributed by atoms with van der Waals surface area (Å²) >= 11 is 1.52. The number of hydrogen-bond donors (Lipinski definition) is 7. The van der Waals surface area contributed by atoms with Gasteiger partial charge in [-0.2, -0.15) is 11.8 Å². The molecule has 4 atom stereocenters. The summed E-state index contributed by atoms with van der Waals surface area (Å²) in [6.07, 6.45) is 2.90. The number of nitrogens with one attached hydrogen (secondary N) is 4. The van der Waals surface area contributed by atoms with E-state index in [0.717, 1.165) is 4.90 Å². The maximum absolute atomic E-state index is 13.8. The van der Waals surface area contributed by atoms with E-state index in [1.165, 1.54) is 11.8 Å². The minimum absolute atomic E-state index is 0.0188. The van der Waals surface area contributed by atoms with Gasteiger partial charge in [0.2, 0.25) is 29.5 Å². The van der Waals surface area contributed by atoms with Gasteiger partial charge in [0.1, 0.15) is 6.61 Å². The van der Waals surface area contributed by atoms with Crippen molar-refractivity contribution in [1.29, 1.82) is 0 Å². The van der Waals surface area contributed by atoms with Crippen molar-refractivity contribution in [2.24, 2.45) is 17.8 Å². The molecule has 2 heterocycles. The van der Waals surface area contributed by atoms with Gasteiger partial charge in [0.15, 0.2) is 5.78 Å². The lowest BCUT2D eigenvalue weighted by atomic mass is 9.85. The molecule has 7 N–H and O–H groups in total. The van der Waals surface area contributed by atoms with Gasteiger partial charge in [-0.3, -0.25) is 72.4 Å². The maximum Gasteiger partial charge on any atom is 0.317 e. The number of carboxylic acids is 3. The highest BCUT2D eigenvalue weighted by atomic mass is 32.2. The first-order chi connectivity index (χ1) is 36.8. The minimum Gasteiger partial charge on any atom is -0.480 e. The average Bonchev–Trinajstić information content (AvgIpc) is 3.63. The summed E-state index contributed by atoms with van der Waals surface area (Å²) in [5.74, 6) is -6.13. The van der Waals surface area contributed by atoms with Gasteiger partial charge in [-0.15, -0.1) is 0 Å². The van der Waals surface area contributed by atoms with Gasteiger partial charge in [-0.1, -0.05) is 39.3 Å². The second-order valence-electron chi connectivity index (χ2n) is 19.1. The van der Waals surface area contributed by atoms with Gasteiger partial charge in [-0.05, 0) is 42.0 Å². The van der Waals surface area contributed by atoms with Gasteiger partial charge >= 0.3 is 17.9 Å². The number of carbonyl (C=O) groups excluding carboxylic acids is 7. The van der Waals surface area contributed by atoms with Crippen molar-refractivity contribution in [3.8, 4) is 0 Å². The Hall–Kier alpha value is -5.61. The first-order valence-corrected chi connectivity index (χ1v) is 27.5. The molecule has 1 aromatic carbocycles. The number of carbonyl (C=O) groups is 10. The van der Waals surface area contributed by atoms with Crippen LogP contribution < -0.4 is 21.3 Å². The zero-order chi connectivity index (χ0) is 56.7. The Bertz CT molecular complexity index is 2070. The second kappa shape index (κ2) is 36.5. The third-order valence-corrected chi connectivity index (χ3v) is 13.7. The highest BCUT2D eigenvalue weighted by Gasteiger charge is 2.36. The topological polar surface area (TPSA) is 323 Å². The highest BCUT2D eigenvalue weighted by molar-refractivity contribution is 7.98. The van der Waals surface area contributed by atoms with Crippen LogP contribution in [0.5, 0.6) is 0 Å². The van der Waals surface area contributed by atoms with Crippen LogP contribution in [0.15, 0.2) is 24.3 Å². The average molecular weight is 1110 g/mol. The molecule has 0 aromatic heterocycles. The molecule has 26 heteroatoms. The standard InChI is InChI=1S/C51H81N9O16S/c1-5-36(2)40(50(72)53-10-12-60-45(64)27-37(3)51(60)73)29-42(61)41(9-26-77-4)55-49(71)39-8-6-7-38(28-39)30-54-44(63)35-76-25-24-75-23-22-74-21-11-52-43(62)31-56-13-15-57(32-46(65)66)17-19-59(34-48(69)70)20-18-58(16-14-56)33-47(67)68/h6-8,28,36-37,40-41H,5,9-27,29-35H2,1-4H3,(H,52,62)(H,53,72)(H,54,63)(H,55,71)(H,65,66)(H,67,68)(H,69,70)/t36-,37?,40-,41-/m0/s1. The molecule has 432 valence electrons. The van der Waals surface area contributed by atoms with Crippen molar-refractivity contribution >= 4 is 70.9 Å². The lowest BCUT2D eigenvalue weighted by molar-refractivity contribution is -0.140. The monoisotopic (exact) mass is 1110 g/mol.